The molecule has 4 rings (SSSR count). The molecular formula is C25H20N2O3. The summed E-state index contributed by atoms with van der Waals surface area (Å²) in [6, 6.07) is 26.9. The Morgan fingerprint density at radius 3 is 1.97 bits per heavy atom. The summed E-state index contributed by atoms with van der Waals surface area (Å²) in [5.74, 6) is 0.133. The van der Waals surface area contributed by atoms with Crippen LogP contribution in [0.1, 0.15) is 15.9 Å². The fourth-order valence-electron chi connectivity index (χ4n) is 2.98. The van der Waals surface area contributed by atoms with Gasteiger partial charge in [0.2, 0.25) is 0 Å². The van der Waals surface area contributed by atoms with E-state index in [4.69, 9.17) is 9.47 Å². The molecule has 0 aliphatic carbocycles. The first-order valence-electron chi connectivity index (χ1n) is 9.50. The number of carbonyl (C=O) groups is 1. The number of hydrogen-bond acceptors (Lipinski definition) is 5. The number of aromatic nitrogens is 2. The van der Waals surface area contributed by atoms with Crippen molar-refractivity contribution in [1.29, 1.82) is 0 Å². The zero-order chi connectivity index (χ0) is 20.9. The van der Waals surface area contributed by atoms with Gasteiger partial charge in [0.25, 0.3) is 0 Å². The molecule has 0 N–H and O–H groups in total. The van der Waals surface area contributed by atoms with Gasteiger partial charge in [0.05, 0.1) is 24.1 Å². The van der Waals surface area contributed by atoms with Crippen LogP contribution in [-0.2, 0) is 4.74 Å². The third-order valence-electron chi connectivity index (χ3n) is 4.61. The number of carbonyl (C=O) groups excluding carboxylic acids is 1. The fraction of sp³-hybridized carbons (Fsp3) is 0.0800. The maximum atomic E-state index is 11.6. The van der Waals surface area contributed by atoms with E-state index in [0.717, 1.165) is 22.5 Å². The summed E-state index contributed by atoms with van der Waals surface area (Å²) in [7, 11) is 1.35. The molecule has 1 aromatic heterocycles. The second kappa shape index (κ2) is 8.57. The molecule has 5 heteroatoms. The summed E-state index contributed by atoms with van der Waals surface area (Å²) in [5.41, 5.74) is 5.11. The number of nitrogens with zero attached hydrogens (tertiary/aromatic N) is 2. The van der Waals surface area contributed by atoms with E-state index in [9.17, 15) is 4.79 Å². The molecule has 0 unspecified atom stereocenters. The van der Waals surface area contributed by atoms with E-state index in [1.54, 1.807) is 24.3 Å². The van der Waals surface area contributed by atoms with Gasteiger partial charge in [0.1, 0.15) is 5.75 Å². The Morgan fingerprint density at radius 2 is 1.37 bits per heavy atom. The maximum absolute atomic E-state index is 11.6. The Bertz CT molecular complexity index is 1160. The van der Waals surface area contributed by atoms with Crippen molar-refractivity contribution in [3.63, 3.8) is 0 Å². The van der Waals surface area contributed by atoms with E-state index in [-0.39, 0.29) is 6.01 Å². The van der Waals surface area contributed by atoms with Gasteiger partial charge in [-0.1, -0.05) is 60.2 Å². The van der Waals surface area contributed by atoms with Gasteiger partial charge in [-0.2, -0.15) is 9.97 Å². The van der Waals surface area contributed by atoms with Crippen LogP contribution in [0.25, 0.3) is 22.5 Å². The lowest BCUT2D eigenvalue weighted by Gasteiger charge is -2.10. The summed E-state index contributed by atoms with van der Waals surface area (Å²) in [5, 5.41) is 0. The molecule has 0 spiro atoms. The van der Waals surface area contributed by atoms with E-state index in [2.05, 4.69) is 9.97 Å². The van der Waals surface area contributed by atoms with E-state index in [1.807, 2.05) is 67.6 Å². The van der Waals surface area contributed by atoms with Crippen LogP contribution in [0.15, 0.2) is 84.9 Å². The van der Waals surface area contributed by atoms with Crippen molar-refractivity contribution in [3.8, 4) is 34.3 Å². The van der Waals surface area contributed by atoms with Gasteiger partial charge in [-0.25, -0.2) is 4.79 Å². The minimum Gasteiger partial charge on any atom is -0.465 e. The minimum absolute atomic E-state index is 0.234. The summed E-state index contributed by atoms with van der Waals surface area (Å²) in [6.45, 7) is 2.05. The van der Waals surface area contributed by atoms with Gasteiger partial charge in [-0.15, -0.1) is 0 Å². The standard InChI is InChI=1S/C25H20N2O3/c1-17-8-10-19(11-9-17)23-16-22(18-6-4-3-5-7-18)26-25(27-23)30-21-14-12-20(13-15-21)24(28)29-2/h3-16H,1-2H3. The second-order valence-corrected chi connectivity index (χ2v) is 6.77. The van der Waals surface area contributed by atoms with E-state index in [0.29, 0.717) is 11.3 Å². The first-order chi connectivity index (χ1) is 14.6. The normalized spacial score (nSPS) is 10.5. The molecule has 0 saturated heterocycles. The monoisotopic (exact) mass is 396 g/mol. The highest BCUT2D eigenvalue weighted by atomic mass is 16.5. The lowest BCUT2D eigenvalue weighted by atomic mass is 10.1. The van der Waals surface area contributed by atoms with Crippen LogP contribution in [0, 0.1) is 6.92 Å². The summed E-state index contributed by atoms with van der Waals surface area (Å²) in [4.78, 5) is 20.8. The number of aryl methyl sites for hydroxylation is 1. The number of rotatable bonds is 5. The molecule has 0 bridgehead atoms. The van der Waals surface area contributed by atoms with Crippen molar-refractivity contribution < 1.29 is 14.3 Å². The first-order valence-corrected chi connectivity index (χ1v) is 9.50. The van der Waals surface area contributed by atoms with E-state index in [1.165, 1.54) is 12.7 Å². The molecule has 148 valence electrons. The Morgan fingerprint density at radius 1 is 0.767 bits per heavy atom. The van der Waals surface area contributed by atoms with Gasteiger partial charge < -0.3 is 9.47 Å². The highest BCUT2D eigenvalue weighted by Crippen LogP contribution is 2.28. The van der Waals surface area contributed by atoms with Crippen molar-refractivity contribution in [3.05, 3.63) is 96.1 Å². The van der Waals surface area contributed by atoms with Gasteiger partial charge in [-0.05, 0) is 37.3 Å². The number of ether oxygens (including phenoxy) is 2. The van der Waals surface area contributed by atoms with Crippen molar-refractivity contribution in [1.82, 2.24) is 9.97 Å². The molecule has 30 heavy (non-hydrogen) atoms. The first kappa shape index (κ1) is 19.3. The van der Waals surface area contributed by atoms with Crippen LogP contribution in [0.2, 0.25) is 0 Å². The summed E-state index contributed by atoms with van der Waals surface area (Å²) < 4.78 is 10.6. The van der Waals surface area contributed by atoms with Crippen LogP contribution < -0.4 is 4.74 Å². The lowest BCUT2D eigenvalue weighted by molar-refractivity contribution is 0.0600. The predicted molar refractivity (Wildman–Crippen MR) is 115 cm³/mol. The quantitative estimate of drug-likeness (QED) is 0.405. The molecule has 0 radical (unpaired) electrons. The van der Waals surface area contributed by atoms with Crippen LogP contribution >= 0.6 is 0 Å². The molecule has 0 fully saturated rings. The van der Waals surface area contributed by atoms with Gasteiger partial charge in [0, 0.05) is 11.1 Å². The van der Waals surface area contributed by atoms with E-state index >= 15 is 0 Å². The van der Waals surface area contributed by atoms with Crippen LogP contribution in [0.5, 0.6) is 11.8 Å². The SMILES string of the molecule is COC(=O)c1ccc(Oc2nc(-c3ccccc3)cc(-c3ccc(C)cc3)n2)cc1. The molecular weight excluding hydrogens is 376 g/mol. The zero-order valence-corrected chi connectivity index (χ0v) is 16.7. The van der Waals surface area contributed by atoms with Gasteiger partial charge in [-0.3, -0.25) is 0 Å². The number of hydrogen-bond donors (Lipinski definition) is 0. The molecule has 1 heterocycles. The third-order valence-corrected chi connectivity index (χ3v) is 4.61. The third kappa shape index (κ3) is 4.36. The molecule has 0 amide bonds. The fourth-order valence-corrected chi connectivity index (χ4v) is 2.98. The second-order valence-electron chi connectivity index (χ2n) is 6.77. The Kier molecular flexibility index (Phi) is 5.52. The average molecular weight is 396 g/mol. The summed E-state index contributed by atoms with van der Waals surface area (Å²) >= 11 is 0. The summed E-state index contributed by atoms with van der Waals surface area (Å²) in [6.07, 6.45) is 0. The Hall–Kier alpha value is -3.99. The van der Waals surface area contributed by atoms with Crippen LogP contribution in [-0.4, -0.2) is 23.0 Å². The smallest absolute Gasteiger partial charge is 0.337 e. The Labute approximate surface area is 175 Å². The topological polar surface area (TPSA) is 61.3 Å². The lowest BCUT2D eigenvalue weighted by Crippen LogP contribution is -2.01. The van der Waals surface area contributed by atoms with Crippen molar-refractivity contribution in [2.45, 2.75) is 6.92 Å². The molecule has 0 aliphatic heterocycles. The minimum atomic E-state index is -0.398. The van der Waals surface area contributed by atoms with Crippen LogP contribution in [0.3, 0.4) is 0 Å². The van der Waals surface area contributed by atoms with Gasteiger partial charge in [0.15, 0.2) is 0 Å². The molecule has 0 aliphatic rings. The average Bonchev–Trinajstić information content (AvgIpc) is 2.80. The maximum Gasteiger partial charge on any atom is 0.337 e. The largest absolute Gasteiger partial charge is 0.465 e. The number of methoxy groups -OCH3 is 1. The molecule has 5 nitrogen and oxygen atoms in total. The highest BCUT2D eigenvalue weighted by Gasteiger charge is 2.11. The molecule has 0 atom stereocenters. The zero-order valence-electron chi connectivity index (χ0n) is 16.7. The van der Waals surface area contributed by atoms with Crippen molar-refractivity contribution in [2.75, 3.05) is 7.11 Å². The van der Waals surface area contributed by atoms with Crippen molar-refractivity contribution >= 4 is 5.97 Å². The predicted octanol–water partition coefficient (Wildman–Crippen LogP) is 5.70. The molecule has 4 aromatic rings. The number of benzene rings is 3. The van der Waals surface area contributed by atoms with Crippen LogP contribution in [0.4, 0.5) is 0 Å². The van der Waals surface area contributed by atoms with Gasteiger partial charge >= 0.3 is 12.0 Å². The van der Waals surface area contributed by atoms with Crippen molar-refractivity contribution in [2.24, 2.45) is 0 Å². The molecule has 0 saturated carbocycles. The number of esters is 1. The Balaban J connectivity index is 1.72. The molecule has 3 aromatic carbocycles. The van der Waals surface area contributed by atoms with E-state index < -0.39 is 5.97 Å². The highest BCUT2D eigenvalue weighted by molar-refractivity contribution is 5.89.